The first kappa shape index (κ1) is 22.4. The fourth-order valence-electron chi connectivity index (χ4n) is 3.71. The van der Waals surface area contributed by atoms with E-state index in [0.717, 1.165) is 0 Å². The minimum absolute atomic E-state index is 0.0448. The highest BCUT2D eigenvalue weighted by molar-refractivity contribution is 6.77. The number of nitrogens with one attached hydrogen (secondary N) is 1. The number of amides is 1. The Kier molecular flexibility index (Phi) is 9.39. The highest BCUT2D eigenvalue weighted by atomic mass is 28.4. The Morgan fingerprint density at radius 3 is 1.74 bits per heavy atom. The Bertz CT molecular complexity index is 338. The number of nitrogens with two attached hydrogens (primary N) is 1. The van der Waals surface area contributed by atoms with Crippen LogP contribution in [0.15, 0.2) is 0 Å². The van der Waals surface area contributed by atoms with Crippen LogP contribution in [0.25, 0.3) is 0 Å². The summed E-state index contributed by atoms with van der Waals surface area (Å²) in [5.41, 5.74) is 7.73. The second kappa shape index (κ2) is 9.64. The average Bonchev–Trinajstić information content (AvgIpc) is 2.41. The van der Waals surface area contributed by atoms with E-state index < -0.39 is 14.4 Å². The van der Waals surface area contributed by atoms with E-state index in [2.05, 4.69) is 51.6 Å². The molecule has 0 aromatic heterocycles. The fraction of sp³-hybridized carbons (Fsp3) is 0.941. The van der Waals surface area contributed by atoms with Crippen LogP contribution >= 0.6 is 0 Å². The maximum absolute atomic E-state index is 11.4. The van der Waals surface area contributed by atoms with Gasteiger partial charge in [0, 0.05) is 12.1 Å². The monoisotopic (exact) mass is 346 g/mol. The number of hydrogen-bond acceptors (Lipinski definition) is 4. The van der Waals surface area contributed by atoms with Crippen molar-refractivity contribution in [3.05, 3.63) is 0 Å². The van der Waals surface area contributed by atoms with Gasteiger partial charge in [-0.3, -0.25) is 0 Å². The predicted molar refractivity (Wildman–Crippen MR) is 99.2 cm³/mol. The summed E-state index contributed by atoms with van der Waals surface area (Å²) in [5.74, 6) is 0. The Balaban J connectivity index is 5.25. The maximum atomic E-state index is 11.4. The van der Waals surface area contributed by atoms with Gasteiger partial charge in [-0.15, -0.1) is 0 Å². The lowest BCUT2D eigenvalue weighted by Crippen LogP contribution is -2.54. The molecule has 0 aliphatic rings. The van der Waals surface area contributed by atoms with Crippen LogP contribution in [0.4, 0.5) is 4.79 Å². The van der Waals surface area contributed by atoms with Crippen molar-refractivity contribution in [1.82, 2.24) is 5.32 Å². The van der Waals surface area contributed by atoms with Crippen molar-refractivity contribution in [2.45, 2.75) is 96.6 Å². The molecular weight excluding hydrogens is 308 g/mol. The number of ether oxygens (including phenoxy) is 1. The Labute approximate surface area is 143 Å². The van der Waals surface area contributed by atoms with Gasteiger partial charge >= 0.3 is 6.09 Å². The third-order valence-corrected chi connectivity index (χ3v) is 10.9. The quantitative estimate of drug-likeness (QED) is 0.618. The molecule has 0 aromatic carbocycles. The highest BCUT2D eigenvalue weighted by Crippen LogP contribution is 2.43. The normalized spacial score (nSPS) is 16.6. The predicted octanol–water partition coefficient (Wildman–Crippen LogP) is 4.03. The van der Waals surface area contributed by atoms with Crippen LogP contribution in [0, 0.1) is 0 Å². The number of methoxy groups -OCH3 is 1. The molecule has 0 aliphatic heterocycles. The van der Waals surface area contributed by atoms with Gasteiger partial charge in [-0.05, 0) is 36.9 Å². The summed E-state index contributed by atoms with van der Waals surface area (Å²) in [4.78, 5) is 11.4. The van der Waals surface area contributed by atoms with Crippen molar-refractivity contribution in [2.75, 3.05) is 7.11 Å². The number of carbonyl (C=O) groups is 1. The van der Waals surface area contributed by atoms with Crippen LogP contribution in [-0.4, -0.2) is 39.7 Å². The first-order valence-corrected chi connectivity index (χ1v) is 10.9. The highest BCUT2D eigenvalue weighted by Gasteiger charge is 2.47. The third kappa shape index (κ3) is 6.08. The molecule has 0 saturated carbocycles. The van der Waals surface area contributed by atoms with Crippen molar-refractivity contribution < 1.29 is 14.0 Å². The molecule has 23 heavy (non-hydrogen) atoms. The van der Waals surface area contributed by atoms with Gasteiger partial charge in [0.15, 0.2) is 0 Å². The molecule has 0 heterocycles. The lowest BCUT2D eigenvalue weighted by atomic mass is 10.1. The first-order valence-electron chi connectivity index (χ1n) is 8.76. The van der Waals surface area contributed by atoms with E-state index in [9.17, 15) is 4.79 Å². The Morgan fingerprint density at radius 1 is 1.00 bits per heavy atom. The number of carbonyl (C=O) groups excluding carboxylic acids is 1. The van der Waals surface area contributed by atoms with E-state index in [0.29, 0.717) is 23.0 Å². The average molecular weight is 347 g/mol. The van der Waals surface area contributed by atoms with Crippen LogP contribution in [-0.2, 0) is 9.16 Å². The summed E-state index contributed by atoms with van der Waals surface area (Å²) in [6.45, 7) is 17.5. The summed E-state index contributed by atoms with van der Waals surface area (Å²) in [7, 11) is -0.622. The molecule has 5 nitrogen and oxygen atoms in total. The largest absolute Gasteiger partial charge is 0.453 e. The van der Waals surface area contributed by atoms with Crippen LogP contribution < -0.4 is 11.1 Å². The lowest BCUT2D eigenvalue weighted by Gasteiger charge is -2.46. The molecule has 0 bridgehead atoms. The molecule has 0 spiro atoms. The van der Waals surface area contributed by atoms with Crippen LogP contribution in [0.5, 0.6) is 0 Å². The van der Waals surface area contributed by atoms with E-state index in [1.807, 2.05) is 13.8 Å². The zero-order chi connectivity index (χ0) is 18.4. The summed E-state index contributed by atoms with van der Waals surface area (Å²) in [5, 5.41) is 2.81. The van der Waals surface area contributed by atoms with Gasteiger partial charge in [0.05, 0.1) is 13.2 Å². The van der Waals surface area contributed by atoms with Crippen LogP contribution in [0.1, 0.15) is 61.8 Å². The molecule has 6 heteroatoms. The van der Waals surface area contributed by atoms with Gasteiger partial charge in [-0.1, -0.05) is 41.5 Å². The van der Waals surface area contributed by atoms with Crippen molar-refractivity contribution in [1.29, 1.82) is 0 Å². The molecule has 0 aromatic rings. The van der Waals surface area contributed by atoms with Gasteiger partial charge in [0.1, 0.15) is 0 Å². The molecule has 0 unspecified atom stereocenters. The minimum Gasteiger partial charge on any atom is -0.453 e. The smallest absolute Gasteiger partial charge is 0.407 e. The third-order valence-electron chi connectivity index (χ3n) is 4.78. The van der Waals surface area contributed by atoms with E-state index in [1.54, 1.807) is 0 Å². The van der Waals surface area contributed by atoms with Crippen LogP contribution in [0.2, 0.25) is 16.6 Å². The van der Waals surface area contributed by atoms with Gasteiger partial charge in [0.25, 0.3) is 0 Å². The number of hydrogen-bond donors (Lipinski definition) is 2. The van der Waals surface area contributed by atoms with Crippen LogP contribution in [0.3, 0.4) is 0 Å². The van der Waals surface area contributed by atoms with Crippen molar-refractivity contribution in [3.8, 4) is 0 Å². The van der Waals surface area contributed by atoms with Crippen molar-refractivity contribution in [2.24, 2.45) is 5.73 Å². The number of rotatable bonds is 9. The topological polar surface area (TPSA) is 73.6 Å². The molecule has 138 valence electrons. The second-order valence-electron chi connectivity index (χ2n) is 7.61. The van der Waals surface area contributed by atoms with Gasteiger partial charge < -0.3 is 20.2 Å². The first-order chi connectivity index (χ1) is 10.5. The summed E-state index contributed by atoms with van der Waals surface area (Å²) in [6, 6.07) is -0.128. The zero-order valence-electron chi connectivity index (χ0n) is 16.5. The molecule has 0 rings (SSSR count). The molecule has 3 atom stereocenters. The molecule has 1 amide bonds. The molecule has 3 N–H and O–H groups in total. The molecule has 0 saturated heterocycles. The lowest BCUT2D eigenvalue weighted by molar-refractivity contribution is 0.126. The molecular formula is C17H38N2O3Si. The second-order valence-corrected chi connectivity index (χ2v) is 13.0. The summed E-state index contributed by atoms with van der Waals surface area (Å²) in [6.07, 6.45) is 0.204. The van der Waals surface area contributed by atoms with E-state index >= 15 is 0 Å². The van der Waals surface area contributed by atoms with Gasteiger partial charge in [0.2, 0.25) is 8.32 Å². The van der Waals surface area contributed by atoms with E-state index in [4.69, 9.17) is 10.2 Å². The summed E-state index contributed by atoms with van der Waals surface area (Å²) < 4.78 is 11.5. The molecule has 0 radical (unpaired) electrons. The van der Waals surface area contributed by atoms with Crippen molar-refractivity contribution >= 4 is 14.4 Å². The van der Waals surface area contributed by atoms with Crippen molar-refractivity contribution in [3.63, 3.8) is 0 Å². The fourth-order valence-corrected chi connectivity index (χ4v) is 9.36. The number of alkyl carbamates (subject to hydrolysis) is 1. The standard InChI is InChI=1S/C17H38N2O3Si/c1-11(2)23(12(3)4,13(5)6)22-16(15(8)18)10-14(7)19-17(20)21-9/h11-16H,10,18H2,1-9H3,(H,19,20)/t14-,15+,16+/m1/s1. The van der Waals surface area contributed by atoms with Gasteiger partial charge in [-0.2, -0.15) is 0 Å². The Hall–Kier alpha value is -0.593. The van der Waals surface area contributed by atoms with E-state index in [1.165, 1.54) is 7.11 Å². The van der Waals surface area contributed by atoms with Gasteiger partial charge in [-0.25, -0.2) is 4.79 Å². The molecule has 0 aliphatic carbocycles. The zero-order valence-corrected chi connectivity index (χ0v) is 17.5. The Morgan fingerprint density at radius 2 is 1.43 bits per heavy atom. The molecule has 0 fully saturated rings. The summed E-state index contributed by atoms with van der Waals surface area (Å²) >= 11 is 0. The maximum Gasteiger partial charge on any atom is 0.407 e. The SMILES string of the molecule is COC(=O)N[C@H](C)C[C@H](O[Si](C(C)C)(C(C)C)C(C)C)[C@H](C)N. The van der Waals surface area contributed by atoms with E-state index in [-0.39, 0.29) is 18.2 Å². The minimum atomic E-state index is -1.99.